The number of nitrogen functional groups attached to an aromatic ring is 1. The van der Waals surface area contributed by atoms with E-state index in [1.807, 2.05) is 12.3 Å². The van der Waals surface area contributed by atoms with Crippen LogP contribution in [0.15, 0.2) is 42.7 Å². The first-order valence-corrected chi connectivity index (χ1v) is 7.79. The van der Waals surface area contributed by atoms with E-state index in [-0.39, 0.29) is 6.04 Å². The van der Waals surface area contributed by atoms with E-state index in [4.69, 9.17) is 5.73 Å². The van der Waals surface area contributed by atoms with Crippen LogP contribution in [0.3, 0.4) is 0 Å². The van der Waals surface area contributed by atoms with Gasteiger partial charge in [-0.25, -0.2) is 0 Å². The predicted molar refractivity (Wildman–Crippen MR) is 87.0 cm³/mol. The fourth-order valence-corrected chi connectivity index (χ4v) is 3.44. The van der Waals surface area contributed by atoms with Crippen LogP contribution in [0.2, 0.25) is 0 Å². The minimum absolute atomic E-state index is 0.289. The number of nitrogens with two attached hydrogens (primary N) is 1. The van der Waals surface area contributed by atoms with Gasteiger partial charge in [-0.3, -0.25) is 4.98 Å². The molecule has 1 aliphatic rings. The molecular weight excluding hydrogens is 258 g/mol. The molecule has 1 aliphatic carbocycles. The maximum Gasteiger partial charge on any atom is 0.0393 e. The topological polar surface area (TPSA) is 50.9 Å². The Balaban J connectivity index is 1.88. The summed E-state index contributed by atoms with van der Waals surface area (Å²) in [4.78, 5) is 4.27. The minimum Gasteiger partial charge on any atom is -0.398 e. The molecule has 2 unspecified atom stereocenters. The van der Waals surface area contributed by atoms with Crippen LogP contribution in [0.4, 0.5) is 5.69 Å². The lowest BCUT2D eigenvalue weighted by Crippen LogP contribution is -2.32. The van der Waals surface area contributed by atoms with Crippen LogP contribution >= 0.6 is 0 Å². The number of fused-ring (bicyclic) bond motifs is 1. The van der Waals surface area contributed by atoms with Gasteiger partial charge in [-0.15, -0.1) is 0 Å². The van der Waals surface area contributed by atoms with E-state index in [9.17, 15) is 0 Å². The van der Waals surface area contributed by atoms with Crippen LogP contribution in [0.1, 0.15) is 36.1 Å². The van der Waals surface area contributed by atoms with Gasteiger partial charge in [0.25, 0.3) is 0 Å². The summed E-state index contributed by atoms with van der Waals surface area (Å²) in [6.45, 7) is 3.09. The molecule has 0 spiro atoms. The highest BCUT2D eigenvalue weighted by Crippen LogP contribution is 2.35. The van der Waals surface area contributed by atoms with Gasteiger partial charge >= 0.3 is 0 Å². The normalized spacial score (nSPS) is 19.0. The van der Waals surface area contributed by atoms with Crippen LogP contribution in [0, 0.1) is 5.92 Å². The summed E-state index contributed by atoms with van der Waals surface area (Å²) in [6.07, 6.45) is 7.15. The highest BCUT2D eigenvalue weighted by molar-refractivity contribution is 5.47. The molecular formula is C18H23N3. The van der Waals surface area contributed by atoms with E-state index >= 15 is 0 Å². The van der Waals surface area contributed by atoms with Crippen molar-refractivity contribution in [1.82, 2.24) is 10.3 Å². The van der Waals surface area contributed by atoms with Crippen LogP contribution in [-0.4, -0.2) is 11.5 Å². The third kappa shape index (κ3) is 2.93. The van der Waals surface area contributed by atoms with Gasteiger partial charge in [0.15, 0.2) is 0 Å². The van der Waals surface area contributed by atoms with Crippen molar-refractivity contribution in [2.45, 2.75) is 32.2 Å². The van der Waals surface area contributed by atoms with E-state index in [1.165, 1.54) is 17.5 Å². The Kier molecular flexibility index (Phi) is 4.20. The number of benzene rings is 1. The molecule has 110 valence electrons. The van der Waals surface area contributed by atoms with Gasteiger partial charge in [0.1, 0.15) is 0 Å². The third-order valence-electron chi connectivity index (χ3n) is 4.50. The molecule has 3 N–H and O–H groups in total. The van der Waals surface area contributed by atoms with Gasteiger partial charge in [0.05, 0.1) is 0 Å². The SMILES string of the molecule is CCNC(c1cnccc1N)C1CCc2ccccc2C1. The van der Waals surface area contributed by atoms with E-state index in [1.54, 1.807) is 6.20 Å². The highest BCUT2D eigenvalue weighted by Gasteiger charge is 2.28. The number of aromatic nitrogens is 1. The molecule has 0 amide bonds. The second-order valence-corrected chi connectivity index (χ2v) is 5.81. The summed E-state index contributed by atoms with van der Waals surface area (Å²) < 4.78 is 0. The predicted octanol–water partition coefficient (Wildman–Crippen LogP) is 3.12. The molecule has 1 aromatic carbocycles. The molecule has 2 atom stereocenters. The first kappa shape index (κ1) is 14.1. The Morgan fingerprint density at radius 3 is 2.86 bits per heavy atom. The van der Waals surface area contributed by atoms with Gasteiger partial charge in [-0.2, -0.15) is 0 Å². The standard InChI is InChI=1S/C18H23N3/c1-2-21-18(16-12-20-10-9-17(16)19)15-8-7-13-5-3-4-6-14(13)11-15/h3-6,9-10,12,15,18,21H,2,7-8,11H2,1H3,(H2,19,20). The fourth-order valence-electron chi connectivity index (χ4n) is 3.44. The molecule has 0 saturated carbocycles. The van der Waals surface area contributed by atoms with E-state index in [0.717, 1.165) is 30.6 Å². The Labute approximate surface area is 126 Å². The monoisotopic (exact) mass is 281 g/mol. The van der Waals surface area contributed by atoms with Crippen molar-refractivity contribution in [3.8, 4) is 0 Å². The van der Waals surface area contributed by atoms with Crippen LogP contribution < -0.4 is 11.1 Å². The number of aryl methyl sites for hydroxylation is 1. The van der Waals surface area contributed by atoms with Gasteiger partial charge in [0, 0.05) is 29.7 Å². The van der Waals surface area contributed by atoms with Crippen molar-refractivity contribution in [3.05, 3.63) is 59.4 Å². The number of hydrogen-bond donors (Lipinski definition) is 2. The van der Waals surface area contributed by atoms with Crippen molar-refractivity contribution in [2.24, 2.45) is 5.92 Å². The number of nitrogens with one attached hydrogen (secondary N) is 1. The Morgan fingerprint density at radius 2 is 2.10 bits per heavy atom. The van der Waals surface area contributed by atoms with Gasteiger partial charge < -0.3 is 11.1 Å². The molecule has 0 saturated heterocycles. The van der Waals surface area contributed by atoms with E-state index < -0.39 is 0 Å². The second-order valence-electron chi connectivity index (χ2n) is 5.81. The summed E-state index contributed by atoms with van der Waals surface area (Å²) >= 11 is 0. The Hall–Kier alpha value is -1.87. The lowest BCUT2D eigenvalue weighted by Gasteiger charge is -2.33. The van der Waals surface area contributed by atoms with Gasteiger partial charge in [-0.05, 0) is 48.9 Å². The zero-order valence-corrected chi connectivity index (χ0v) is 12.5. The molecule has 3 rings (SSSR count). The molecule has 1 heterocycles. The maximum atomic E-state index is 6.17. The number of rotatable bonds is 4. The summed E-state index contributed by atoms with van der Waals surface area (Å²) in [5, 5.41) is 3.62. The summed E-state index contributed by atoms with van der Waals surface area (Å²) in [5.74, 6) is 0.575. The summed E-state index contributed by atoms with van der Waals surface area (Å²) in [7, 11) is 0. The zero-order chi connectivity index (χ0) is 14.7. The molecule has 3 heteroatoms. The first-order valence-electron chi connectivity index (χ1n) is 7.79. The summed E-state index contributed by atoms with van der Waals surface area (Å²) in [5.41, 5.74) is 11.1. The quantitative estimate of drug-likeness (QED) is 0.905. The molecule has 0 fully saturated rings. The highest BCUT2D eigenvalue weighted by atomic mass is 14.9. The largest absolute Gasteiger partial charge is 0.398 e. The van der Waals surface area contributed by atoms with Gasteiger partial charge in [-0.1, -0.05) is 31.2 Å². The van der Waals surface area contributed by atoms with Crippen LogP contribution in [0.5, 0.6) is 0 Å². The molecule has 1 aromatic heterocycles. The van der Waals surface area contributed by atoms with E-state index in [0.29, 0.717) is 5.92 Å². The number of anilines is 1. The zero-order valence-electron chi connectivity index (χ0n) is 12.5. The molecule has 0 aliphatic heterocycles. The van der Waals surface area contributed by atoms with Crippen LogP contribution in [-0.2, 0) is 12.8 Å². The van der Waals surface area contributed by atoms with Crippen molar-refractivity contribution in [1.29, 1.82) is 0 Å². The first-order chi connectivity index (χ1) is 10.3. The molecule has 3 nitrogen and oxygen atoms in total. The average Bonchev–Trinajstić information content (AvgIpc) is 2.53. The van der Waals surface area contributed by atoms with Crippen molar-refractivity contribution in [2.75, 3.05) is 12.3 Å². The second kappa shape index (κ2) is 6.27. The van der Waals surface area contributed by atoms with Crippen molar-refractivity contribution in [3.63, 3.8) is 0 Å². The van der Waals surface area contributed by atoms with Crippen molar-refractivity contribution < 1.29 is 0 Å². The minimum atomic E-state index is 0.289. The van der Waals surface area contributed by atoms with Crippen molar-refractivity contribution >= 4 is 5.69 Å². The number of nitrogens with zero attached hydrogens (tertiary/aromatic N) is 1. The van der Waals surface area contributed by atoms with E-state index in [2.05, 4.69) is 41.5 Å². The Bertz CT molecular complexity index is 609. The van der Waals surface area contributed by atoms with Gasteiger partial charge in [0.2, 0.25) is 0 Å². The number of pyridine rings is 1. The molecule has 2 aromatic rings. The molecule has 0 bridgehead atoms. The molecule has 21 heavy (non-hydrogen) atoms. The summed E-state index contributed by atoms with van der Waals surface area (Å²) in [6, 6.07) is 11.0. The maximum absolute atomic E-state index is 6.17. The smallest absolute Gasteiger partial charge is 0.0393 e. The number of hydrogen-bond acceptors (Lipinski definition) is 3. The third-order valence-corrected chi connectivity index (χ3v) is 4.50. The average molecular weight is 281 g/mol. The Morgan fingerprint density at radius 1 is 1.29 bits per heavy atom. The molecule has 0 radical (unpaired) electrons. The lowest BCUT2D eigenvalue weighted by atomic mass is 9.78. The van der Waals surface area contributed by atoms with Crippen LogP contribution in [0.25, 0.3) is 0 Å². The lowest BCUT2D eigenvalue weighted by molar-refractivity contribution is 0.331. The fraction of sp³-hybridized carbons (Fsp3) is 0.389.